The molecular formula is C20H24ClFN2O2. The lowest BCUT2D eigenvalue weighted by molar-refractivity contribution is 0.0745. The Balaban J connectivity index is 0.00000261. The molecule has 0 radical (unpaired) electrons. The van der Waals surface area contributed by atoms with E-state index in [1.54, 1.807) is 30.5 Å². The molecule has 0 unspecified atom stereocenters. The van der Waals surface area contributed by atoms with Crippen LogP contribution in [0.25, 0.3) is 0 Å². The van der Waals surface area contributed by atoms with Crippen molar-refractivity contribution in [1.29, 1.82) is 0 Å². The molecule has 0 spiro atoms. The monoisotopic (exact) mass is 378 g/mol. The summed E-state index contributed by atoms with van der Waals surface area (Å²) in [7, 11) is 0. The van der Waals surface area contributed by atoms with E-state index in [-0.39, 0.29) is 24.1 Å². The number of halogens is 2. The summed E-state index contributed by atoms with van der Waals surface area (Å²) in [6.07, 6.45) is 5.48. The van der Waals surface area contributed by atoms with Gasteiger partial charge in [-0.15, -0.1) is 0 Å². The molecule has 0 amide bonds. The lowest BCUT2D eigenvalue weighted by atomic mass is 9.95. The summed E-state index contributed by atoms with van der Waals surface area (Å²) in [6.45, 7) is 3.41. The standard InChI is InChI=1S/C20H22ClFN2O2.H2/c1-2-17(24-14-7-10-26-11-8-14)15-5-6-16(21)18(19(15)22)20(25)13-4-3-9-23-12-13;/h3-6,9,12,14,17,24H,2,7-8,10-11H2,1H3;1H/t17-;/m1./s1. The number of ether oxygens (including phenoxy) is 1. The van der Waals surface area contributed by atoms with Crippen LogP contribution >= 0.6 is 11.6 Å². The van der Waals surface area contributed by atoms with Gasteiger partial charge >= 0.3 is 0 Å². The van der Waals surface area contributed by atoms with Crippen molar-refractivity contribution in [1.82, 2.24) is 10.3 Å². The van der Waals surface area contributed by atoms with Gasteiger partial charge in [-0.1, -0.05) is 24.6 Å². The lowest BCUT2D eigenvalue weighted by Gasteiger charge is -2.29. The molecule has 2 heterocycles. The zero-order valence-corrected chi connectivity index (χ0v) is 15.4. The molecule has 1 aliphatic heterocycles. The number of pyridine rings is 1. The first kappa shape index (κ1) is 19.0. The van der Waals surface area contributed by atoms with Crippen LogP contribution in [-0.2, 0) is 4.74 Å². The largest absolute Gasteiger partial charge is 0.381 e. The molecular weight excluding hydrogens is 355 g/mol. The van der Waals surface area contributed by atoms with E-state index in [1.807, 2.05) is 6.92 Å². The molecule has 1 saturated heterocycles. The number of hydrogen-bond donors (Lipinski definition) is 1. The minimum atomic E-state index is -0.558. The first-order valence-corrected chi connectivity index (χ1v) is 9.26. The van der Waals surface area contributed by atoms with Crippen molar-refractivity contribution in [3.8, 4) is 0 Å². The molecule has 1 N–H and O–H groups in total. The maximum Gasteiger partial charge on any atom is 0.199 e. The third-order valence-corrected chi connectivity index (χ3v) is 5.03. The Hall–Kier alpha value is -1.82. The maximum atomic E-state index is 15.3. The number of benzene rings is 1. The molecule has 1 atom stereocenters. The van der Waals surface area contributed by atoms with Crippen LogP contribution in [0.2, 0.25) is 5.02 Å². The van der Waals surface area contributed by atoms with Crippen molar-refractivity contribution >= 4 is 17.4 Å². The Labute approximate surface area is 159 Å². The zero-order chi connectivity index (χ0) is 18.5. The highest BCUT2D eigenvalue weighted by Crippen LogP contribution is 2.30. The minimum Gasteiger partial charge on any atom is -0.381 e. The van der Waals surface area contributed by atoms with Crippen LogP contribution in [0, 0.1) is 5.82 Å². The fourth-order valence-corrected chi connectivity index (χ4v) is 3.50. The van der Waals surface area contributed by atoms with Crippen LogP contribution in [0.4, 0.5) is 4.39 Å². The predicted molar refractivity (Wildman–Crippen MR) is 101 cm³/mol. The van der Waals surface area contributed by atoms with Crippen molar-refractivity contribution in [2.45, 2.75) is 38.3 Å². The van der Waals surface area contributed by atoms with Gasteiger partial charge in [0.2, 0.25) is 0 Å². The molecule has 140 valence electrons. The highest BCUT2D eigenvalue weighted by molar-refractivity contribution is 6.35. The van der Waals surface area contributed by atoms with Gasteiger partial charge in [0.25, 0.3) is 0 Å². The van der Waals surface area contributed by atoms with Crippen LogP contribution < -0.4 is 5.32 Å². The van der Waals surface area contributed by atoms with Gasteiger partial charge in [-0.05, 0) is 37.5 Å². The summed E-state index contributed by atoms with van der Waals surface area (Å²) in [4.78, 5) is 16.7. The molecule has 1 aromatic heterocycles. The van der Waals surface area contributed by atoms with Gasteiger partial charge in [-0.3, -0.25) is 9.78 Å². The molecule has 4 nitrogen and oxygen atoms in total. The number of rotatable bonds is 6. The Bertz CT molecular complexity index is 770. The van der Waals surface area contributed by atoms with Crippen molar-refractivity contribution in [3.63, 3.8) is 0 Å². The third kappa shape index (κ3) is 4.11. The third-order valence-electron chi connectivity index (χ3n) is 4.71. The molecule has 0 saturated carbocycles. The maximum absolute atomic E-state index is 15.3. The number of nitrogens with zero attached hydrogens (tertiary/aromatic N) is 1. The van der Waals surface area contributed by atoms with Crippen LogP contribution in [0.1, 0.15) is 55.1 Å². The first-order valence-electron chi connectivity index (χ1n) is 8.88. The van der Waals surface area contributed by atoms with Crippen molar-refractivity contribution < 1.29 is 15.3 Å². The van der Waals surface area contributed by atoms with E-state index in [0.717, 1.165) is 12.8 Å². The summed E-state index contributed by atoms with van der Waals surface area (Å²) in [5.74, 6) is -1.01. The number of hydrogen-bond acceptors (Lipinski definition) is 4. The van der Waals surface area contributed by atoms with E-state index in [2.05, 4.69) is 10.3 Å². The predicted octanol–water partition coefficient (Wildman–Crippen LogP) is 4.57. The van der Waals surface area contributed by atoms with Crippen LogP contribution in [0.15, 0.2) is 36.7 Å². The van der Waals surface area contributed by atoms with E-state index in [1.165, 1.54) is 6.20 Å². The molecule has 26 heavy (non-hydrogen) atoms. The summed E-state index contributed by atoms with van der Waals surface area (Å²) >= 11 is 6.17. The fourth-order valence-electron chi connectivity index (χ4n) is 3.26. The van der Waals surface area contributed by atoms with E-state index in [4.69, 9.17) is 16.3 Å². The van der Waals surface area contributed by atoms with Crippen LogP contribution in [0.3, 0.4) is 0 Å². The molecule has 0 aliphatic carbocycles. The number of carbonyl (C=O) groups excluding carboxylic acids is 1. The summed E-state index contributed by atoms with van der Waals surface area (Å²) in [5, 5.41) is 3.61. The summed E-state index contributed by atoms with van der Waals surface area (Å²) in [5.41, 5.74) is 0.691. The second kappa shape index (κ2) is 8.71. The van der Waals surface area contributed by atoms with Gasteiger partial charge in [0.15, 0.2) is 5.78 Å². The lowest BCUT2D eigenvalue weighted by Crippen LogP contribution is -2.37. The molecule has 1 aliphatic rings. The summed E-state index contributed by atoms with van der Waals surface area (Å²) < 4.78 is 20.6. The number of carbonyl (C=O) groups is 1. The van der Waals surface area contributed by atoms with Crippen LogP contribution in [0.5, 0.6) is 0 Å². The Morgan fingerprint density at radius 3 is 2.85 bits per heavy atom. The number of nitrogens with one attached hydrogen (secondary N) is 1. The van der Waals surface area contributed by atoms with Gasteiger partial charge in [0.05, 0.1) is 10.6 Å². The Kier molecular flexibility index (Phi) is 6.35. The normalized spacial score (nSPS) is 16.4. The second-order valence-electron chi connectivity index (χ2n) is 6.41. The van der Waals surface area contributed by atoms with Crippen molar-refractivity contribution in [2.75, 3.05) is 13.2 Å². The zero-order valence-electron chi connectivity index (χ0n) is 14.7. The van der Waals surface area contributed by atoms with Gasteiger partial charge in [-0.25, -0.2) is 4.39 Å². The van der Waals surface area contributed by atoms with Crippen molar-refractivity contribution in [3.05, 3.63) is 64.2 Å². The molecule has 3 rings (SSSR count). The number of aromatic nitrogens is 1. The summed E-state index contributed by atoms with van der Waals surface area (Å²) in [6, 6.07) is 6.60. The first-order chi connectivity index (χ1) is 12.6. The molecule has 6 heteroatoms. The van der Waals surface area contributed by atoms with E-state index in [9.17, 15) is 4.79 Å². The van der Waals surface area contributed by atoms with Gasteiger partial charge < -0.3 is 10.1 Å². The van der Waals surface area contributed by atoms with Crippen molar-refractivity contribution in [2.24, 2.45) is 0 Å². The van der Waals surface area contributed by atoms with E-state index >= 15 is 4.39 Å². The number of ketones is 1. The van der Waals surface area contributed by atoms with E-state index < -0.39 is 11.6 Å². The van der Waals surface area contributed by atoms with Gasteiger partial charge in [0.1, 0.15) is 5.82 Å². The molecule has 1 aromatic carbocycles. The minimum absolute atomic E-state index is 0. The van der Waals surface area contributed by atoms with E-state index in [0.29, 0.717) is 30.8 Å². The smallest absolute Gasteiger partial charge is 0.199 e. The fraction of sp³-hybridized carbons (Fsp3) is 0.400. The Morgan fingerprint density at radius 2 is 2.19 bits per heavy atom. The molecule has 1 fully saturated rings. The topological polar surface area (TPSA) is 51.2 Å². The average Bonchev–Trinajstić information content (AvgIpc) is 2.68. The Morgan fingerprint density at radius 1 is 1.42 bits per heavy atom. The molecule has 0 bridgehead atoms. The second-order valence-corrected chi connectivity index (χ2v) is 6.82. The molecule has 2 aromatic rings. The van der Waals surface area contributed by atoms with Crippen LogP contribution in [-0.4, -0.2) is 30.0 Å². The van der Waals surface area contributed by atoms with Gasteiger partial charge in [-0.2, -0.15) is 0 Å². The SMILES string of the molecule is CC[C@@H](NC1CCOCC1)c1ccc(Cl)c(C(=O)c2cccnc2)c1F.[HH]. The highest BCUT2D eigenvalue weighted by Gasteiger charge is 2.26. The highest BCUT2D eigenvalue weighted by atomic mass is 35.5. The quantitative estimate of drug-likeness (QED) is 0.748. The van der Waals surface area contributed by atoms with Gasteiger partial charge in [0, 0.05) is 50.2 Å². The average molecular weight is 379 g/mol.